The fourth-order valence-electron chi connectivity index (χ4n) is 4.68. The number of imide groups is 1. The summed E-state index contributed by atoms with van der Waals surface area (Å²) in [6.07, 6.45) is 2.50. The first-order valence-corrected chi connectivity index (χ1v) is 10.2. The highest BCUT2D eigenvalue weighted by Crippen LogP contribution is 2.42. The second kappa shape index (κ2) is 7.47. The molecule has 150 valence electrons. The Kier molecular flexibility index (Phi) is 4.99. The summed E-state index contributed by atoms with van der Waals surface area (Å²) < 4.78 is 0. The highest BCUT2D eigenvalue weighted by Gasteiger charge is 2.50. The first-order chi connectivity index (χ1) is 13.8. The number of rotatable bonds is 3. The SMILES string of the molecule is Cc1cc(C)cc(NC(=O)c2cccc(N3C(=O)[C@H]4CC[C@@H](C)C[C@@H]4C3=O)c2)c1. The molecule has 1 aliphatic heterocycles. The first kappa shape index (κ1) is 19.4. The minimum absolute atomic E-state index is 0.126. The Hall–Kier alpha value is -2.95. The Bertz CT molecular complexity index is 977. The minimum Gasteiger partial charge on any atom is -0.322 e. The van der Waals surface area contributed by atoms with Crippen LogP contribution in [0.4, 0.5) is 11.4 Å². The van der Waals surface area contributed by atoms with Gasteiger partial charge in [0.15, 0.2) is 0 Å². The van der Waals surface area contributed by atoms with Crippen molar-refractivity contribution < 1.29 is 14.4 Å². The number of anilines is 2. The molecule has 3 atom stereocenters. The van der Waals surface area contributed by atoms with Crippen LogP contribution in [0.15, 0.2) is 42.5 Å². The summed E-state index contributed by atoms with van der Waals surface area (Å²) in [6.45, 7) is 6.09. The van der Waals surface area contributed by atoms with E-state index in [1.165, 1.54) is 4.90 Å². The predicted molar refractivity (Wildman–Crippen MR) is 113 cm³/mol. The largest absolute Gasteiger partial charge is 0.322 e. The summed E-state index contributed by atoms with van der Waals surface area (Å²) in [5, 5.41) is 2.91. The van der Waals surface area contributed by atoms with Crippen molar-refractivity contribution in [1.29, 1.82) is 0 Å². The first-order valence-electron chi connectivity index (χ1n) is 10.2. The van der Waals surface area contributed by atoms with Crippen LogP contribution in [0.1, 0.15) is 47.7 Å². The zero-order valence-corrected chi connectivity index (χ0v) is 17.1. The molecule has 2 aromatic rings. The van der Waals surface area contributed by atoms with Crippen LogP contribution in [0.3, 0.4) is 0 Å². The standard InChI is InChI=1S/C24H26N2O3/c1-14-7-8-20-21(12-14)24(29)26(23(20)28)19-6-4-5-17(13-19)22(27)25-18-10-15(2)9-16(3)11-18/h4-6,9-11,13-14,20-21H,7-8,12H2,1-3H3,(H,25,27)/t14-,20+,21+/m1/s1. The highest BCUT2D eigenvalue weighted by molar-refractivity contribution is 6.22. The van der Waals surface area contributed by atoms with Crippen molar-refractivity contribution in [2.75, 3.05) is 10.2 Å². The number of carbonyl (C=O) groups excluding carboxylic acids is 3. The number of carbonyl (C=O) groups is 3. The van der Waals surface area contributed by atoms with Crippen LogP contribution in [0, 0.1) is 31.6 Å². The summed E-state index contributed by atoms with van der Waals surface area (Å²) in [5.74, 6) is -0.493. The van der Waals surface area contributed by atoms with E-state index in [9.17, 15) is 14.4 Å². The molecule has 0 radical (unpaired) electrons. The molecule has 1 aliphatic carbocycles. The van der Waals surface area contributed by atoms with Crippen molar-refractivity contribution in [3.63, 3.8) is 0 Å². The minimum atomic E-state index is -0.262. The Balaban J connectivity index is 1.58. The molecule has 2 aliphatic rings. The van der Waals surface area contributed by atoms with Gasteiger partial charge in [0.2, 0.25) is 11.8 Å². The summed E-state index contributed by atoms with van der Waals surface area (Å²) in [4.78, 5) is 39.9. The van der Waals surface area contributed by atoms with Crippen LogP contribution in [0.25, 0.3) is 0 Å². The molecular weight excluding hydrogens is 364 g/mol. The van der Waals surface area contributed by atoms with Gasteiger partial charge in [0, 0.05) is 11.3 Å². The van der Waals surface area contributed by atoms with E-state index < -0.39 is 0 Å². The molecule has 1 N–H and O–H groups in total. The third-order valence-electron chi connectivity index (χ3n) is 6.03. The average Bonchev–Trinajstić information content (AvgIpc) is 2.91. The third-order valence-corrected chi connectivity index (χ3v) is 6.03. The zero-order valence-electron chi connectivity index (χ0n) is 17.1. The number of hydrogen-bond acceptors (Lipinski definition) is 3. The predicted octanol–water partition coefficient (Wildman–Crippen LogP) is 4.48. The van der Waals surface area contributed by atoms with Gasteiger partial charge in [-0.2, -0.15) is 0 Å². The fourth-order valence-corrected chi connectivity index (χ4v) is 4.68. The molecule has 4 rings (SSSR count). The molecular formula is C24H26N2O3. The van der Waals surface area contributed by atoms with Crippen LogP contribution >= 0.6 is 0 Å². The van der Waals surface area contributed by atoms with Crippen molar-refractivity contribution in [2.24, 2.45) is 17.8 Å². The van der Waals surface area contributed by atoms with E-state index in [2.05, 4.69) is 12.2 Å². The molecule has 0 unspecified atom stereocenters. The molecule has 1 heterocycles. The van der Waals surface area contributed by atoms with Gasteiger partial charge in [-0.05, 0) is 80.5 Å². The lowest BCUT2D eigenvalue weighted by molar-refractivity contribution is -0.122. The topological polar surface area (TPSA) is 66.5 Å². The van der Waals surface area contributed by atoms with Crippen LogP contribution in [0.2, 0.25) is 0 Å². The van der Waals surface area contributed by atoms with Crippen molar-refractivity contribution in [1.82, 2.24) is 0 Å². The molecule has 5 nitrogen and oxygen atoms in total. The van der Waals surface area contributed by atoms with E-state index in [4.69, 9.17) is 0 Å². The number of hydrogen-bond donors (Lipinski definition) is 1. The lowest BCUT2D eigenvalue weighted by atomic mass is 9.76. The van der Waals surface area contributed by atoms with Crippen molar-refractivity contribution in [3.05, 3.63) is 59.2 Å². The maximum Gasteiger partial charge on any atom is 0.255 e. The van der Waals surface area contributed by atoms with Gasteiger partial charge in [0.05, 0.1) is 17.5 Å². The highest BCUT2D eigenvalue weighted by atomic mass is 16.2. The molecule has 1 saturated heterocycles. The third kappa shape index (κ3) is 3.69. The molecule has 3 amide bonds. The van der Waals surface area contributed by atoms with E-state index in [0.29, 0.717) is 17.2 Å². The van der Waals surface area contributed by atoms with Crippen LogP contribution in [0.5, 0.6) is 0 Å². The molecule has 0 bridgehead atoms. The molecule has 0 aromatic heterocycles. The number of nitrogens with zero attached hydrogens (tertiary/aromatic N) is 1. The molecule has 0 spiro atoms. The quantitative estimate of drug-likeness (QED) is 0.786. The molecule has 2 fully saturated rings. The summed E-state index contributed by atoms with van der Waals surface area (Å²) >= 11 is 0. The van der Waals surface area contributed by atoms with Gasteiger partial charge in [0.25, 0.3) is 5.91 Å². The number of nitrogens with one attached hydrogen (secondary N) is 1. The molecule has 1 saturated carbocycles. The van der Waals surface area contributed by atoms with Crippen LogP contribution in [-0.2, 0) is 9.59 Å². The van der Waals surface area contributed by atoms with Gasteiger partial charge in [-0.3, -0.25) is 19.3 Å². The lowest BCUT2D eigenvalue weighted by Crippen LogP contribution is -2.31. The Morgan fingerprint density at radius 2 is 1.66 bits per heavy atom. The van der Waals surface area contributed by atoms with Crippen LogP contribution in [-0.4, -0.2) is 17.7 Å². The molecule has 2 aromatic carbocycles. The molecule has 5 heteroatoms. The summed E-state index contributed by atoms with van der Waals surface area (Å²) in [7, 11) is 0. The second-order valence-corrected chi connectivity index (χ2v) is 8.52. The number of benzene rings is 2. The van der Waals surface area contributed by atoms with E-state index in [-0.39, 0.29) is 29.6 Å². The molecule has 29 heavy (non-hydrogen) atoms. The van der Waals surface area contributed by atoms with Crippen LogP contribution < -0.4 is 10.2 Å². The maximum atomic E-state index is 12.9. The van der Waals surface area contributed by atoms with Gasteiger partial charge in [-0.15, -0.1) is 0 Å². The van der Waals surface area contributed by atoms with E-state index in [1.807, 2.05) is 32.0 Å². The Morgan fingerprint density at radius 1 is 0.966 bits per heavy atom. The van der Waals surface area contributed by atoms with Gasteiger partial charge < -0.3 is 5.32 Å². The lowest BCUT2D eigenvalue weighted by Gasteiger charge is -2.25. The number of fused-ring (bicyclic) bond motifs is 1. The zero-order chi connectivity index (χ0) is 20.7. The fraction of sp³-hybridized carbons (Fsp3) is 0.375. The van der Waals surface area contributed by atoms with Crippen molar-refractivity contribution in [3.8, 4) is 0 Å². The van der Waals surface area contributed by atoms with Gasteiger partial charge in [0.1, 0.15) is 0 Å². The number of amides is 3. The second-order valence-electron chi connectivity index (χ2n) is 8.52. The van der Waals surface area contributed by atoms with Gasteiger partial charge in [-0.1, -0.05) is 19.1 Å². The van der Waals surface area contributed by atoms with Gasteiger partial charge >= 0.3 is 0 Å². The Labute approximate surface area is 171 Å². The Morgan fingerprint density at radius 3 is 2.38 bits per heavy atom. The van der Waals surface area contributed by atoms with Crippen molar-refractivity contribution in [2.45, 2.75) is 40.0 Å². The van der Waals surface area contributed by atoms with Gasteiger partial charge in [-0.25, -0.2) is 0 Å². The monoisotopic (exact) mass is 390 g/mol. The van der Waals surface area contributed by atoms with Crippen molar-refractivity contribution >= 4 is 29.1 Å². The summed E-state index contributed by atoms with van der Waals surface area (Å²) in [5.41, 5.74) is 3.77. The van der Waals surface area contributed by atoms with E-state index in [1.54, 1.807) is 24.3 Å². The average molecular weight is 390 g/mol. The van der Waals surface area contributed by atoms with E-state index in [0.717, 1.165) is 36.1 Å². The number of aryl methyl sites for hydroxylation is 2. The van der Waals surface area contributed by atoms with E-state index >= 15 is 0 Å². The summed E-state index contributed by atoms with van der Waals surface area (Å²) in [6, 6.07) is 12.6. The normalized spacial score (nSPS) is 23.8. The smallest absolute Gasteiger partial charge is 0.255 e. The maximum absolute atomic E-state index is 12.9.